The summed E-state index contributed by atoms with van der Waals surface area (Å²) in [7, 11) is 1.49. The molecule has 0 bridgehead atoms. The van der Waals surface area contributed by atoms with Crippen molar-refractivity contribution in [1.29, 1.82) is 0 Å². The molecule has 6 nitrogen and oxygen atoms in total. The van der Waals surface area contributed by atoms with Gasteiger partial charge in [0.2, 0.25) is 4.80 Å². The van der Waals surface area contributed by atoms with Gasteiger partial charge in [-0.1, -0.05) is 11.6 Å². The first-order valence-electron chi connectivity index (χ1n) is 8.70. The van der Waals surface area contributed by atoms with Crippen LogP contribution in [0.2, 0.25) is 5.02 Å². The normalized spacial score (nSPS) is 12.0. The fraction of sp³-hybridized carbons (Fsp3) is 0.0476. The van der Waals surface area contributed by atoms with Crippen molar-refractivity contribution in [2.24, 2.45) is 10.1 Å². The Morgan fingerprint density at radius 2 is 2.03 bits per heavy atom. The lowest BCUT2D eigenvalue weighted by Gasteiger charge is -2.06. The van der Waals surface area contributed by atoms with Crippen LogP contribution in [-0.2, 0) is 0 Å². The Balaban J connectivity index is 1.81. The molecule has 0 aliphatic rings. The Labute approximate surface area is 189 Å². The average Bonchev–Trinajstić information content (AvgIpc) is 3.40. The maximum absolute atomic E-state index is 10.0. The van der Waals surface area contributed by atoms with E-state index in [-0.39, 0.29) is 5.75 Å². The minimum Gasteiger partial charge on any atom is -0.503 e. The number of thiazole rings is 1. The van der Waals surface area contributed by atoms with E-state index in [1.165, 1.54) is 18.4 Å². The van der Waals surface area contributed by atoms with E-state index >= 15 is 0 Å². The predicted octanol–water partition coefficient (Wildman–Crippen LogP) is 6.05. The molecule has 2 aromatic carbocycles. The highest BCUT2D eigenvalue weighted by atomic mass is 79.9. The SMILES string of the molecule is COc1cc(C=Nn2c(-c3ccco3)csc2=Nc2ccc(Cl)cc2)cc(Br)c1O. The van der Waals surface area contributed by atoms with E-state index in [9.17, 15) is 5.11 Å². The number of hydrogen-bond donors (Lipinski definition) is 1. The molecule has 0 radical (unpaired) electrons. The molecule has 0 spiro atoms. The second-order valence-corrected chi connectivity index (χ2v) is 8.21. The quantitative estimate of drug-likeness (QED) is 0.336. The van der Waals surface area contributed by atoms with E-state index in [0.29, 0.717) is 25.8 Å². The first kappa shape index (κ1) is 20.5. The van der Waals surface area contributed by atoms with Crippen molar-refractivity contribution in [2.75, 3.05) is 7.11 Å². The molecule has 0 saturated heterocycles. The summed E-state index contributed by atoms with van der Waals surface area (Å²) in [6, 6.07) is 14.4. The largest absolute Gasteiger partial charge is 0.503 e. The van der Waals surface area contributed by atoms with Gasteiger partial charge in [0.1, 0.15) is 5.69 Å². The molecule has 1 N–H and O–H groups in total. The molecule has 0 aliphatic heterocycles. The zero-order chi connectivity index (χ0) is 21.1. The number of halogens is 2. The minimum atomic E-state index is 0.0348. The Hall–Kier alpha value is -2.81. The zero-order valence-corrected chi connectivity index (χ0v) is 18.8. The van der Waals surface area contributed by atoms with Gasteiger partial charge in [-0.25, -0.2) is 9.67 Å². The number of phenols is 1. The molecule has 0 atom stereocenters. The summed E-state index contributed by atoms with van der Waals surface area (Å²) in [5.74, 6) is 1.05. The highest BCUT2D eigenvalue weighted by Gasteiger charge is 2.11. The fourth-order valence-corrected chi connectivity index (χ4v) is 4.08. The van der Waals surface area contributed by atoms with Crippen molar-refractivity contribution in [3.63, 3.8) is 0 Å². The molecule has 4 aromatic rings. The van der Waals surface area contributed by atoms with E-state index in [4.69, 9.17) is 20.8 Å². The molecule has 0 aliphatic carbocycles. The third kappa shape index (κ3) is 4.35. The molecule has 152 valence electrons. The number of ether oxygens (including phenoxy) is 1. The standard InChI is InChI=1S/C21H15BrClN3O3S/c1-28-19-10-13(9-16(22)20(19)27)11-24-26-17(18-3-2-8-29-18)12-30-21(26)25-15-6-4-14(23)5-7-15/h2-12,27H,1H3. The maximum atomic E-state index is 10.0. The van der Waals surface area contributed by atoms with Crippen molar-refractivity contribution in [3.05, 3.63) is 80.0 Å². The number of aromatic nitrogens is 1. The lowest BCUT2D eigenvalue weighted by molar-refractivity contribution is 0.372. The second kappa shape index (κ2) is 8.91. The monoisotopic (exact) mass is 503 g/mol. The Bertz CT molecular complexity index is 1260. The van der Waals surface area contributed by atoms with Gasteiger partial charge in [0, 0.05) is 10.4 Å². The lowest BCUT2D eigenvalue weighted by atomic mass is 10.2. The van der Waals surface area contributed by atoms with Crippen LogP contribution < -0.4 is 9.54 Å². The number of aromatic hydroxyl groups is 1. The summed E-state index contributed by atoms with van der Waals surface area (Å²) in [6.07, 6.45) is 3.27. The number of methoxy groups -OCH3 is 1. The van der Waals surface area contributed by atoms with Crippen molar-refractivity contribution in [3.8, 4) is 23.0 Å². The number of benzene rings is 2. The van der Waals surface area contributed by atoms with Crippen LogP contribution in [0.5, 0.6) is 11.5 Å². The number of phenolic OH excluding ortho intramolecular Hbond substituents is 1. The summed E-state index contributed by atoms with van der Waals surface area (Å²) < 4.78 is 13.0. The van der Waals surface area contributed by atoms with E-state index in [1.54, 1.807) is 41.4 Å². The summed E-state index contributed by atoms with van der Waals surface area (Å²) in [5, 5.41) is 17.2. The van der Waals surface area contributed by atoms with E-state index < -0.39 is 0 Å². The van der Waals surface area contributed by atoms with Crippen LogP contribution in [-0.4, -0.2) is 23.1 Å². The highest BCUT2D eigenvalue weighted by Crippen LogP contribution is 2.34. The van der Waals surface area contributed by atoms with Gasteiger partial charge in [0.25, 0.3) is 0 Å². The smallest absolute Gasteiger partial charge is 0.211 e. The molecule has 2 aromatic heterocycles. The zero-order valence-electron chi connectivity index (χ0n) is 15.6. The topological polar surface area (TPSA) is 72.2 Å². The van der Waals surface area contributed by atoms with Crippen molar-refractivity contribution >= 4 is 50.8 Å². The van der Waals surface area contributed by atoms with Crippen LogP contribution in [0, 0.1) is 0 Å². The van der Waals surface area contributed by atoms with E-state index in [2.05, 4.69) is 26.0 Å². The molecule has 30 heavy (non-hydrogen) atoms. The molecular formula is C21H15BrClN3O3S. The summed E-state index contributed by atoms with van der Waals surface area (Å²) in [6.45, 7) is 0. The molecule has 0 saturated carbocycles. The van der Waals surface area contributed by atoms with Gasteiger partial charge in [-0.3, -0.25) is 0 Å². The summed E-state index contributed by atoms with van der Waals surface area (Å²) in [5.41, 5.74) is 2.25. The van der Waals surface area contributed by atoms with Gasteiger partial charge < -0.3 is 14.3 Å². The highest BCUT2D eigenvalue weighted by molar-refractivity contribution is 9.10. The summed E-state index contributed by atoms with van der Waals surface area (Å²) >= 11 is 10.7. The Morgan fingerprint density at radius 1 is 1.23 bits per heavy atom. The second-order valence-electron chi connectivity index (χ2n) is 6.08. The first-order chi connectivity index (χ1) is 14.5. The molecule has 9 heteroatoms. The number of hydrogen-bond acceptors (Lipinski definition) is 6. The average molecular weight is 505 g/mol. The van der Waals surface area contributed by atoms with Crippen LogP contribution in [0.15, 0.2) is 79.2 Å². The lowest BCUT2D eigenvalue weighted by Crippen LogP contribution is -2.11. The van der Waals surface area contributed by atoms with Gasteiger partial charge in [0.05, 0.1) is 29.7 Å². The van der Waals surface area contributed by atoms with Gasteiger partial charge >= 0.3 is 0 Å². The maximum Gasteiger partial charge on any atom is 0.211 e. The molecule has 0 amide bonds. The van der Waals surface area contributed by atoms with Gasteiger partial charge in [-0.2, -0.15) is 5.10 Å². The van der Waals surface area contributed by atoms with Crippen molar-refractivity contribution in [2.45, 2.75) is 0 Å². The number of rotatable bonds is 5. The minimum absolute atomic E-state index is 0.0348. The number of furan rings is 1. The third-order valence-electron chi connectivity index (χ3n) is 4.10. The summed E-state index contributed by atoms with van der Waals surface area (Å²) in [4.78, 5) is 5.34. The Kier molecular flexibility index (Phi) is 6.08. The first-order valence-corrected chi connectivity index (χ1v) is 10.8. The van der Waals surface area contributed by atoms with Crippen LogP contribution in [0.1, 0.15) is 5.56 Å². The Morgan fingerprint density at radius 3 is 2.73 bits per heavy atom. The van der Waals surface area contributed by atoms with Crippen LogP contribution in [0.4, 0.5) is 5.69 Å². The van der Waals surface area contributed by atoms with Gasteiger partial charge in [-0.05, 0) is 70.0 Å². The van der Waals surface area contributed by atoms with Crippen molar-refractivity contribution < 1.29 is 14.3 Å². The molecule has 0 unspecified atom stereocenters. The number of nitrogens with zero attached hydrogens (tertiary/aromatic N) is 3. The van der Waals surface area contributed by atoms with Gasteiger partial charge in [-0.15, -0.1) is 11.3 Å². The van der Waals surface area contributed by atoms with Crippen LogP contribution in [0.25, 0.3) is 11.5 Å². The van der Waals surface area contributed by atoms with Crippen molar-refractivity contribution in [1.82, 2.24) is 4.68 Å². The predicted molar refractivity (Wildman–Crippen MR) is 122 cm³/mol. The van der Waals surface area contributed by atoms with Crippen LogP contribution >= 0.6 is 38.9 Å². The van der Waals surface area contributed by atoms with Gasteiger partial charge in [0.15, 0.2) is 17.3 Å². The molecule has 2 heterocycles. The van der Waals surface area contributed by atoms with E-state index in [1.807, 2.05) is 29.6 Å². The van der Waals surface area contributed by atoms with E-state index in [0.717, 1.165) is 16.9 Å². The van der Waals surface area contributed by atoms with Crippen LogP contribution in [0.3, 0.4) is 0 Å². The molecule has 4 rings (SSSR count). The third-order valence-corrected chi connectivity index (χ3v) is 5.78. The fourth-order valence-electron chi connectivity index (χ4n) is 2.66. The molecular weight excluding hydrogens is 490 g/mol. The molecule has 0 fully saturated rings.